The first kappa shape index (κ1) is 20.0. The van der Waals surface area contributed by atoms with E-state index < -0.39 is 11.8 Å². The van der Waals surface area contributed by atoms with Crippen LogP contribution in [-0.4, -0.2) is 15.7 Å². The van der Waals surface area contributed by atoms with Crippen LogP contribution in [0.4, 0.5) is 4.39 Å². The van der Waals surface area contributed by atoms with Gasteiger partial charge in [0, 0.05) is 18.0 Å². The molecule has 1 aromatic heterocycles. The van der Waals surface area contributed by atoms with Crippen molar-refractivity contribution in [2.24, 2.45) is 0 Å². The molecule has 0 saturated carbocycles. The third kappa shape index (κ3) is 4.39. The summed E-state index contributed by atoms with van der Waals surface area (Å²) in [6, 6.07) is 10.4. The molecule has 28 heavy (non-hydrogen) atoms. The Bertz CT molecular complexity index is 1070. The predicted molar refractivity (Wildman–Crippen MR) is 107 cm³/mol. The van der Waals surface area contributed by atoms with Crippen molar-refractivity contribution >= 4 is 28.3 Å². The summed E-state index contributed by atoms with van der Waals surface area (Å²) in [6.45, 7) is 2.53. The van der Waals surface area contributed by atoms with E-state index in [1.54, 1.807) is 24.3 Å². The first-order valence-corrected chi connectivity index (χ1v) is 9.56. The van der Waals surface area contributed by atoms with Gasteiger partial charge in [-0.1, -0.05) is 56.0 Å². The third-order valence-electron chi connectivity index (χ3n) is 4.39. The highest BCUT2D eigenvalue weighted by Gasteiger charge is 2.19. The highest BCUT2D eigenvalue weighted by atomic mass is 35.5. The quantitative estimate of drug-likeness (QED) is 0.317. The second-order valence-corrected chi connectivity index (χ2v) is 6.86. The number of ether oxygens (including phenoxy) is 1. The number of carbonyl (C=O) groups excluding carboxylic acids is 1. The molecule has 0 bridgehead atoms. The molecule has 0 fully saturated rings. The second kappa shape index (κ2) is 8.97. The molecule has 0 saturated heterocycles. The van der Waals surface area contributed by atoms with E-state index in [1.165, 1.54) is 16.8 Å². The highest BCUT2D eigenvalue weighted by Crippen LogP contribution is 2.23. The Hall–Kier alpha value is -2.73. The average molecular weight is 403 g/mol. The van der Waals surface area contributed by atoms with E-state index in [4.69, 9.17) is 16.3 Å². The van der Waals surface area contributed by atoms with Crippen LogP contribution < -0.4 is 10.3 Å². The van der Waals surface area contributed by atoms with Gasteiger partial charge in [-0.05, 0) is 24.6 Å². The van der Waals surface area contributed by atoms with Crippen LogP contribution >= 0.6 is 11.6 Å². The zero-order valence-corrected chi connectivity index (χ0v) is 16.2. The standard InChI is InChI=1S/C21H20ClFN2O3/c1-2-3-4-7-12-25-20(26)16-9-6-5-8-15(16)19(24-25)21(27)28-14-10-11-18(23)17(22)13-14/h5-6,8-11,13H,2-4,7,12H2,1H3. The summed E-state index contributed by atoms with van der Waals surface area (Å²) in [5, 5.41) is 4.92. The lowest BCUT2D eigenvalue weighted by Gasteiger charge is -2.11. The number of fused-ring (bicyclic) bond motifs is 1. The Labute approximate surface area is 166 Å². The molecule has 3 aromatic rings. The molecule has 0 N–H and O–H groups in total. The van der Waals surface area contributed by atoms with Crippen molar-refractivity contribution in [1.29, 1.82) is 0 Å². The molecule has 3 rings (SSSR count). The Morgan fingerprint density at radius 3 is 2.61 bits per heavy atom. The lowest BCUT2D eigenvalue weighted by molar-refractivity contribution is 0.0728. The molecule has 0 amide bonds. The van der Waals surface area contributed by atoms with Crippen molar-refractivity contribution < 1.29 is 13.9 Å². The van der Waals surface area contributed by atoms with Gasteiger partial charge in [-0.2, -0.15) is 5.10 Å². The van der Waals surface area contributed by atoms with Gasteiger partial charge in [-0.25, -0.2) is 13.9 Å². The number of hydrogen-bond acceptors (Lipinski definition) is 4. The van der Waals surface area contributed by atoms with E-state index in [1.807, 2.05) is 0 Å². The molecule has 0 spiro atoms. The van der Waals surface area contributed by atoms with E-state index in [9.17, 15) is 14.0 Å². The Kier molecular flexibility index (Phi) is 6.41. The summed E-state index contributed by atoms with van der Waals surface area (Å²) in [6.07, 6.45) is 3.92. The molecule has 7 heteroatoms. The van der Waals surface area contributed by atoms with Crippen molar-refractivity contribution in [3.05, 3.63) is 69.4 Å². The average Bonchev–Trinajstić information content (AvgIpc) is 2.69. The predicted octanol–water partition coefficient (Wildman–Crippen LogP) is 4.99. The van der Waals surface area contributed by atoms with E-state index in [2.05, 4.69) is 12.0 Å². The van der Waals surface area contributed by atoms with Gasteiger partial charge in [0.15, 0.2) is 5.69 Å². The number of unbranched alkanes of at least 4 members (excludes halogenated alkanes) is 3. The Morgan fingerprint density at radius 1 is 1.14 bits per heavy atom. The molecule has 0 unspecified atom stereocenters. The van der Waals surface area contributed by atoms with E-state index >= 15 is 0 Å². The Morgan fingerprint density at radius 2 is 1.89 bits per heavy atom. The first-order valence-electron chi connectivity index (χ1n) is 9.18. The van der Waals surface area contributed by atoms with Gasteiger partial charge in [-0.15, -0.1) is 0 Å². The number of nitrogens with zero attached hydrogens (tertiary/aromatic N) is 2. The summed E-state index contributed by atoms with van der Waals surface area (Å²) in [5.74, 6) is -1.24. The van der Waals surface area contributed by atoms with Crippen molar-refractivity contribution in [1.82, 2.24) is 9.78 Å². The largest absolute Gasteiger partial charge is 0.422 e. The number of aromatic nitrogens is 2. The third-order valence-corrected chi connectivity index (χ3v) is 4.68. The molecule has 0 aliphatic rings. The van der Waals surface area contributed by atoms with Crippen LogP contribution in [0.5, 0.6) is 5.75 Å². The number of halogens is 2. The van der Waals surface area contributed by atoms with Crippen LogP contribution in [0.15, 0.2) is 47.3 Å². The summed E-state index contributed by atoms with van der Waals surface area (Å²) < 4.78 is 19.9. The zero-order valence-electron chi connectivity index (χ0n) is 15.5. The van der Waals surface area contributed by atoms with E-state index in [0.717, 1.165) is 31.7 Å². The van der Waals surface area contributed by atoms with Crippen LogP contribution in [0.3, 0.4) is 0 Å². The molecule has 5 nitrogen and oxygen atoms in total. The minimum absolute atomic E-state index is 0.0335. The maximum atomic E-state index is 13.3. The van der Waals surface area contributed by atoms with E-state index in [-0.39, 0.29) is 22.0 Å². The summed E-state index contributed by atoms with van der Waals surface area (Å²) in [4.78, 5) is 25.4. The number of benzene rings is 2. The van der Waals surface area contributed by atoms with Crippen LogP contribution in [-0.2, 0) is 6.54 Å². The lowest BCUT2D eigenvalue weighted by Crippen LogP contribution is -2.27. The second-order valence-electron chi connectivity index (χ2n) is 6.45. The Balaban J connectivity index is 1.96. The monoisotopic (exact) mass is 402 g/mol. The molecule has 146 valence electrons. The molecule has 0 aliphatic carbocycles. The van der Waals surface area contributed by atoms with Gasteiger partial charge in [-0.3, -0.25) is 4.79 Å². The first-order chi connectivity index (χ1) is 13.5. The van der Waals surface area contributed by atoms with Crippen LogP contribution in [0.2, 0.25) is 5.02 Å². The SMILES string of the molecule is CCCCCCn1nc(C(=O)Oc2ccc(F)c(Cl)c2)c2ccccc2c1=O. The zero-order chi connectivity index (χ0) is 20.1. The van der Waals surface area contributed by atoms with Crippen molar-refractivity contribution in [3.8, 4) is 5.75 Å². The van der Waals surface area contributed by atoms with Crippen molar-refractivity contribution in [2.75, 3.05) is 0 Å². The molecule has 2 aromatic carbocycles. The smallest absolute Gasteiger partial charge is 0.364 e. The number of carbonyl (C=O) groups is 1. The maximum absolute atomic E-state index is 13.3. The summed E-state index contributed by atoms with van der Waals surface area (Å²) in [7, 11) is 0. The van der Waals surface area contributed by atoms with Crippen LogP contribution in [0.25, 0.3) is 10.8 Å². The molecule has 1 heterocycles. The van der Waals surface area contributed by atoms with Gasteiger partial charge >= 0.3 is 5.97 Å². The van der Waals surface area contributed by atoms with Crippen molar-refractivity contribution in [3.63, 3.8) is 0 Å². The topological polar surface area (TPSA) is 61.2 Å². The number of esters is 1. The molecular formula is C21H20ClFN2O3. The van der Waals surface area contributed by atoms with Crippen LogP contribution in [0, 0.1) is 5.82 Å². The number of hydrogen-bond donors (Lipinski definition) is 0. The molecular weight excluding hydrogens is 383 g/mol. The number of rotatable bonds is 7. The fourth-order valence-electron chi connectivity index (χ4n) is 2.92. The van der Waals surface area contributed by atoms with E-state index in [0.29, 0.717) is 17.3 Å². The molecule has 0 atom stereocenters. The van der Waals surface area contributed by atoms with Gasteiger partial charge in [0.05, 0.1) is 10.4 Å². The van der Waals surface area contributed by atoms with Gasteiger partial charge < -0.3 is 4.74 Å². The normalized spacial score (nSPS) is 11.0. The van der Waals surface area contributed by atoms with Crippen LogP contribution in [0.1, 0.15) is 43.1 Å². The van der Waals surface area contributed by atoms with Crippen molar-refractivity contribution in [2.45, 2.75) is 39.2 Å². The summed E-state index contributed by atoms with van der Waals surface area (Å²) >= 11 is 5.74. The molecule has 0 radical (unpaired) electrons. The van der Waals surface area contributed by atoms with Gasteiger partial charge in [0.25, 0.3) is 5.56 Å². The fourth-order valence-corrected chi connectivity index (χ4v) is 3.09. The highest BCUT2D eigenvalue weighted by molar-refractivity contribution is 6.30. The lowest BCUT2D eigenvalue weighted by atomic mass is 10.1. The minimum atomic E-state index is -0.735. The number of aryl methyl sites for hydroxylation is 1. The van der Waals surface area contributed by atoms with Gasteiger partial charge in [0.2, 0.25) is 0 Å². The maximum Gasteiger partial charge on any atom is 0.364 e. The molecule has 0 aliphatic heterocycles. The minimum Gasteiger partial charge on any atom is -0.422 e. The summed E-state index contributed by atoms with van der Waals surface area (Å²) in [5.41, 5.74) is -0.209. The van der Waals surface area contributed by atoms with Gasteiger partial charge in [0.1, 0.15) is 11.6 Å². The fraction of sp³-hybridized carbons (Fsp3) is 0.286.